The van der Waals surface area contributed by atoms with Gasteiger partial charge in [-0.15, -0.1) is 0 Å². The standard InChI is InChI=1S/C44H79NO3/c1-4-6-8-10-12-14-16-18-20-22-24-26-28-30-32-34-36-47-43-39-42(45-40-46)38-41(3)44(43)48-37-35-33-31-29-27-25-23-21-19-17-15-13-11-9-7-5-2/h38-39H,4-37H2,1-3H3. The van der Waals surface area contributed by atoms with Crippen molar-refractivity contribution < 1.29 is 14.3 Å². The SMILES string of the molecule is CCCCCCCCCCCCCCCCCCOc1cc(N=C=O)cc(C)c1OCCCCCCCCCCCCCCCCCC. The highest BCUT2D eigenvalue weighted by molar-refractivity contribution is 5.59. The molecular weight excluding hydrogens is 590 g/mol. The van der Waals surface area contributed by atoms with E-state index in [-0.39, 0.29) is 0 Å². The van der Waals surface area contributed by atoms with E-state index in [0.717, 1.165) is 24.2 Å². The van der Waals surface area contributed by atoms with Crippen LogP contribution in [0.3, 0.4) is 0 Å². The minimum atomic E-state index is 0.583. The van der Waals surface area contributed by atoms with Crippen molar-refractivity contribution in [1.29, 1.82) is 0 Å². The lowest BCUT2D eigenvalue weighted by Gasteiger charge is -2.16. The number of rotatable bonds is 37. The van der Waals surface area contributed by atoms with Crippen molar-refractivity contribution in [1.82, 2.24) is 0 Å². The van der Waals surface area contributed by atoms with Gasteiger partial charge in [-0.2, -0.15) is 4.99 Å². The molecule has 0 saturated carbocycles. The van der Waals surface area contributed by atoms with E-state index >= 15 is 0 Å². The Kier molecular flexibility index (Phi) is 32.3. The lowest BCUT2D eigenvalue weighted by Crippen LogP contribution is -2.04. The first kappa shape index (κ1) is 44.2. The molecule has 0 heterocycles. The van der Waals surface area contributed by atoms with Crippen LogP contribution in [-0.2, 0) is 4.79 Å². The minimum Gasteiger partial charge on any atom is -0.490 e. The number of unbranched alkanes of at least 4 members (excludes halogenated alkanes) is 30. The van der Waals surface area contributed by atoms with Crippen molar-refractivity contribution in [2.75, 3.05) is 13.2 Å². The molecule has 0 aliphatic carbocycles. The molecule has 4 nitrogen and oxygen atoms in total. The van der Waals surface area contributed by atoms with E-state index in [2.05, 4.69) is 18.8 Å². The molecule has 0 N–H and O–H groups in total. The van der Waals surface area contributed by atoms with E-state index < -0.39 is 0 Å². The van der Waals surface area contributed by atoms with Gasteiger partial charge in [-0.1, -0.05) is 206 Å². The van der Waals surface area contributed by atoms with Crippen LogP contribution in [0.5, 0.6) is 11.5 Å². The highest BCUT2D eigenvalue weighted by Crippen LogP contribution is 2.36. The Bertz CT molecular complexity index is 878. The normalized spacial score (nSPS) is 11.1. The molecule has 0 bridgehead atoms. The van der Waals surface area contributed by atoms with E-state index in [1.165, 1.54) is 193 Å². The van der Waals surface area contributed by atoms with Gasteiger partial charge >= 0.3 is 0 Å². The maximum absolute atomic E-state index is 10.9. The number of isocyanates is 1. The molecule has 0 aromatic heterocycles. The Labute approximate surface area is 299 Å². The molecule has 278 valence electrons. The van der Waals surface area contributed by atoms with Crippen molar-refractivity contribution >= 4 is 11.8 Å². The molecule has 0 aliphatic heterocycles. The van der Waals surface area contributed by atoms with Crippen molar-refractivity contribution in [3.8, 4) is 11.5 Å². The first-order valence-corrected chi connectivity index (χ1v) is 21.2. The van der Waals surface area contributed by atoms with E-state index in [1.54, 1.807) is 6.08 Å². The van der Waals surface area contributed by atoms with E-state index in [0.29, 0.717) is 24.7 Å². The first-order valence-electron chi connectivity index (χ1n) is 21.2. The van der Waals surface area contributed by atoms with Gasteiger partial charge in [0.2, 0.25) is 6.08 Å². The van der Waals surface area contributed by atoms with Crippen LogP contribution in [0.2, 0.25) is 0 Å². The van der Waals surface area contributed by atoms with Crippen molar-refractivity contribution in [2.45, 2.75) is 226 Å². The second-order valence-electron chi connectivity index (χ2n) is 14.6. The lowest BCUT2D eigenvalue weighted by atomic mass is 10.0. The highest BCUT2D eigenvalue weighted by Gasteiger charge is 2.12. The number of aryl methyl sites for hydroxylation is 1. The molecular formula is C44H79NO3. The molecule has 48 heavy (non-hydrogen) atoms. The topological polar surface area (TPSA) is 47.9 Å². The summed E-state index contributed by atoms with van der Waals surface area (Å²) < 4.78 is 12.4. The monoisotopic (exact) mass is 670 g/mol. The van der Waals surface area contributed by atoms with Crippen molar-refractivity contribution in [3.05, 3.63) is 17.7 Å². The Morgan fingerprint density at radius 1 is 0.458 bits per heavy atom. The molecule has 0 fully saturated rings. The molecule has 4 heteroatoms. The summed E-state index contributed by atoms with van der Waals surface area (Å²) in [6.45, 7) is 7.96. The minimum absolute atomic E-state index is 0.583. The zero-order chi connectivity index (χ0) is 34.6. The number of aliphatic imine (C=N–C) groups is 1. The number of carbonyl (C=O) groups excluding carboxylic acids is 1. The summed E-state index contributed by atoms with van der Waals surface area (Å²) in [6.07, 6.45) is 45.3. The van der Waals surface area contributed by atoms with Crippen molar-refractivity contribution in [3.63, 3.8) is 0 Å². The predicted molar refractivity (Wildman–Crippen MR) is 209 cm³/mol. The van der Waals surface area contributed by atoms with Gasteiger partial charge in [0.15, 0.2) is 11.5 Å². The number of benzene rings is 1. The molecule has 0 atom stereocenters. The summed E-state index contributed by atoms with van der Waals surface area (Å²) in [5.74, 6) is 1.51. The van der Waals surface area contributed by atoms with Crippen LogP contribution in [0, 0.1) is 6.92 Å². The number of ether oxygens (including phenoxy) is 2. The molecule has 0 spiro atoms. The lowest BCUT2D eigenvalue weighted by molar-refractivity contribution is 0.257. The van der Waals surface area contributed by atoms with Gasteiger partial charge < -0.3 is 9.47 Å². The second kappa shape index (κ2) is 35.0. The van der Waals surface area contributed by atoms with Crippen LogP contribution in [0.25, 0.3) is 0 Å². The summed E-state index contributed by atoms with van der Waals surface area (Å²) in [6, 6.07) is 3.71. The summed E-state index contributed by atoms with van der Waals surface area (Å²) in [4.78, 5) is 14.7. The number of hydrogen-bond donors (Lipinski definition) is 0. The van der Waals surface area contributed by atoms with Gasteiger partial charge in [-0.3, -0.25) is 0 Å². The Morgan fingerprint density at radius 2 is 0.771 bits per heavy atom. The Morgan fingerprint density at radius 3 is 1.10 bits per heavy atom. The smallest absolute Gasteiger partial charge is 0.240 e. The summed E-state index contributed by atoms with van der Waals surface area (Å²) in [5, 5.41) is 0. The van der Waals surface area contributed by atoms with Crippen molar-refractivity contribution in [2.24, 2.45) is 4.99 Å². The Hall–Kier alpha value is -1.80. The third-order valence-electron chi connectivity index (χ3n) is 9.90. The summed E-state index contributed by atoms with van der Waals surface area (Å²) >= 11 is 0. The fourth-order valence-electron chi connectivity index (χ4n) is 6.79. The van der Waals surface area contributed by atoms with Gasteiger partial charge in [-0.05, 0) is 31.4 Å². The van der Waals surface area contributed by atoms with Crippen LogP contribution in [0.15, 0.2) is 17.1 Å². The van der Waals surface area contributed by atoms with Gasteiger partial charge in [0.25, 0.3) is 0 Å². The van der Waals surface area contributed by atoms with Gasteiger partial charge in [-0.25, -0.2) is 4.79 Å². The molecule has 1 rings (SSSR count). The molecule has 0 saturated heterocycles. The van der Waals surface area contributed by atoms with E-state index in [9.17, 15) is 4.79 Å². The third-order valence-corrected chi connectivity index (χ3v) is 9.90. The zero-order valence-corrected chi connectivity index (χ0v) is 32.4. The molecule has 0 amide bonds. The molecule has 0 radical (unpaired) electrons. The average Bonchev–Trinajstić information content (AvgIpc) is 3.08. The predicted octanol–water partition coefficient (Wildman–Crippen LogP) is 15.2. The average molecular weight is 670 g/mol. The van der Waals surface area contributed by atoms with E-state index in [4.69, 9.17) is 9.47 Å². The third kappa shape index (κ3) is 27.1. The molecule has 1 aromatic carbocycles. The van der Waals surface area contributed by atoms with Crippen LogP contribution in [0.4, 0.5) is 5.69 Å². The second-order valence-corrected chi connectivity index (χ2v) is 14.6. The molecule has 0 aliphatic rings. The summed E-state index contributed by atoms with van der Waals surface area (Å²) in [7, 11) is 0. The molecule has 0 unspecified atom stereocenters. The maximum atomic E-state index is 10.9. The van der Waals surface area contributed by atoms with Gasteiger partial charge in [0.05, 0.1) is 18.9 Å². The molecule has 1 aromatic rings. The van der Waals surface area contributed by atoms with Gasteiger partial charge in [0.1, 0.15) is 0 Å². The van der Waals surface area contributed by atoms with Gasteiger partial charge in [0, 0.05) is 6.07 Å². The Balaban J connectivity index is 2.10. The first-order chi connectivity index (χ1) is 23.7. The number of hydrogen-bond acceptors (Lipinski definition) is 4. The van der Waals surface area contributed by atoms with Crippen LogP contribution in [0.1, 0.15) is 225 Å². The quantitative estimate of drug-likeness (QED) is 0.0402. The fourth-order valence-corrected chi connectivity index (χ4v) is 6.79. The summed E-state index contributed by atoms with van der Waals surface area (Å²) in [5.41, 5.74) is 1.55. The van der Waals surface area contributed by atoms with Crippen LogP contribution < -0.4 is 9.47 Å². The highest BCUT2D eigenvalue weighted by atomic mass is 16.5. The number of nitrogens with zero attached hydrogens (tertiary/aromatic N) is 1. The van der Waals surface area contributed by atoms with E-state index in [1.807, 2.05) is 19.1 Å². The largest absolute Gasteiger partial charge is 0.490 e. The van der Waals surface area contributed by atoms with Crippen LogP contribution in [-0.4, -0.2) is 19.3 Å². The maximum Gasteiger partial charge on any atom is 0.240 e. The van der Waals surface area contributed by atoms with Crippen LogP contribution >= 0.6 is 0 Å². The fraction of sp³-hybridized carbons (Fsp3) is 0.841. The zero-order valence-electron chi connectivity index (χ0n) is 32.4.